The average Bonchev–Trinajstić information content (AvgIpc) is 2.27. The van der Waals surface area contributed by atoms with E-state index in [9.17, 15) is 10.2 Å². The zero-order valence-corrected chi connectivity index (χ0v) is 12.7. The fourth-order valence-corrected chi connectivity index (χ4v) is 2.25. The largest absolute Gasteiger partial charge is 0.389 e. The smallest absolute Gasteiger partial charge is 0.0946 e. The first-order valence-electron chi connectivity index (χ1n) is 7.40. The van der Waals surface area contributed by atoms with E-state index in [4.69, 9.17) is 5.73 Å². The van der Waals surface area contributed by atoms with Gasteiger partial charge in [0.05, 0.1) is 11.7 Å². The lowest BCUT2D eigenvalue weighted by molar-refractivity contribution is -0.0635. The van der Waals surface area contributed by atoms with Crippen molar-refractivity contribution in [3.05, 3.63) is 0 Å². The minimum Gasteiger partial charge on any atom is -0.389 e. The zero-order valence-electron chi connectivity index (χ0n) is 12.7. The van der Waals surface area contributed by atoms with E-state index in [0.717, 1.165) is 18.8 Å². The van der Waals surface area contributed by atoms with E-state index >= 15 is 0 Å². The maximum atomic E-state index is 10.0. The highest BCUT2D eigenvalue weighted by molar-refractivity contribution is 4.82. The van der Waals surface area contributed by atoms with Gasteiger partial charge < -0.3 is 15.9 Å². The second-order valence-corrected chi connectivity index (χ2v) is 6.43. The van der Waals surface area contributed by atoms with Crippen LogP contribution in [0.1, 0.15) is 66.2 Å². The van der Waals surface area contributed by atoms with E-state index < -0.39 is 11.7 Å². The summed E-state index contributed by atoms with van der Waals surface area (Å²) in [5.74, 6) is 1.49. The maximum Gasteiger partial charge on any atom is 0.0946 e. The summed E-state index contributed by atoms with van der Waals surface area (Å²) in [4.78, 5) is 0. The monoisotopic (exact) mass is 259 g/mol. The Hall–Kier alpha value is -0.120. The molecule has 0 spiro atoms. The summed E-state index contributed by atoms with van der Waals surface area (Å²) in [5.41, 5.74) is 4.34. The van der Waals surface area contributed by atoms with Crippen LogP contribution < -0.4 is 5.73 Å². The number of aliphatic hydroxyl groups excluding tert-OH is 1. The molecule has 0 radical (unpaired) electrons. The maximum absolute atomic E-state index is 10.0. The Bertz CT molecular complexity index is 205. The van der Waals surface area contributed by atoms with Crippen LogP contribution in [0.25, 0.3) is 0 Å². The van der Waals surface area contributed by atoms with E-state index in [2.05, 4.69) is 20.8 Å². The van der Waals surface area contributed by atoms with Crippen LogP contribution in [0.5, 0.6) is 0 Å². The molecule has 3 atom stereocenters. The molecule has 0 saturated heterocycles. The average molecular weight is 259 g/mol. The van der Waals surface area contributed by atoms with Gasteiger partial charge in [-0.1, -0.05) is 52.9 Å². The molecule has 0 rings (SSSR count). The fourth-order valence-electron chi connectivity index (χ4n) is 2.25. The summed E-state index contributed by atoms with van der Waals surface area (Å²) in [6, 6.07) is 0. The molecule has 0 aromatic carbocycles. The van der Waals surface area contributed by atoms with Gasteiger partial charge in [-0.05, 0) is 25.2 Å². The summed E-state index contributed by atoms with van der Waals surface area (Å²) in [7, 11) is 0. The van der Waals surface area contributed by atoms with Gasteiger partial charge in [0.1, 0.15) is 0 Å². The van der Waals surface area contributed by atoms with Crippen LogP contribution in [0.3, 0.4) is 0 Å². The first-order chi connectivity index (χ1) is 8.29. The van der Waals surface area contributed by atoms with Crippen molar-refractivity contribution >= 4 is 0 Å². The number of hydrogen-bond donors (Lipinski definition) is 3. The zero-order chi connectivity index (χ0) is 14.2. The third kappa shape index (κ3) is 8.06. The van der Waals surface area contributed by atoms with Crippen molar-refractivity contribution in [2.75, 3.05) is 6.54 Å². The number of aliphatic hydroxyl groups is 2. The van der Waals surface area contributed by atoms with Crippen LogP contribution in [-0.4, -0.2) is 28.5 Å². The SMILES string of the molecule is CC(C)CCCC(C)CCCC(C)(O)C(O)CN. The molecule has 0 aliphatic rings. The normalized spacial score (nSPS) is 18.7. The highest BCUT2D eigenvalue weighted by Gasteiger charge is 2.28. The number of nitrogens with two attached hydrogens (primary N) is 1. The van der Waals surface area contributed by atoms with E-state index in [1.165, 1.54) is 19.3 Å². The van der Waals surface area contributed by atoms with Crippen LogP contribution in [0.15, 0.2) is 0 Å². The lowest BCUT2D eigenvalue weighted by atomic mass is 9.89. The molecule has 0 aliphatic heterocycles. The van der Waals surface area contributed by atoms with Gasteiger partial charge >= 0.3 is 0 Å². The van der Waals surface area contributed by atoms with Crippen molar-refractivity contribution in [1.29, 1.82) is 0 Å². The van der Waals surface area contributed by atoms with Gasteiger partial charge in [0.25, 0.3) is 0 Å². The van der Waals surface area contributed by atoms with Crippen molar-refractivity contribution in [1.82, 2.24) is 0 Å². The lowest BCUT2D eigenvalue weighted by Crippen LogP contribution is -2.43. The van der Waals surface area contributed by atoms with E-state index in [1.807, 2.05) is 0 Å². The summed E-state index contributed by atoms with van der Waals surface area (Å²) in [6.07, 6.45) is 5.74. The van der Waals surface area contributed by atoms with E-state index in [1.54, 1.807) is 6.92 Å². The quantitative estimate of drug-likeness (QED) is 0.565. The molecule has 3 heteroatoms. The van der Waals surface area contributed by atoms with Gasteiger partial charge in [0.2, 0.25) is 0 Å². The molecule has 3 unspecified atom stereocenters. The lowest BCUT2D eigenvalue weighted by Gasteiger charge is -2.28. The van der Waals surface area contributed by atoms with Crippen molar-refractivity contribution in [3.8, 4) is 0 Å². The molecule has 0 aromatic heterocycles. The molecule has 0 aromatic rings. The van der Waals surface area contributed by atoms with Crippen molar-refractivity contribution in [2.45, 2.75) is 77.9 Å². The van der Waals surface area contributed by atoms with Crippen LogP contribution in [0.4, 0.5) is 0 Å². The Morgan fingerprint density at radius 1 is 1.06 bits per heavy atom. The predicted molar refractivity (Wildman–Crippen MR) is 77.4 cm³/mol. The molecule has 0 heterocycles. The molecule has 0 saturated carbocycles. The number of hydrogen-bond acceptors (Lipinski definition) is 3. The van der Waals surface area contributed by atoms with E-state index in [0.29, 0.717) is 12.3 Å². The molecule has 0 bridgehead atoms. The summed E-state index contributed by atoms with van der Waals surface area (Å²) >= 11 is 0. The van der Waals surface area contributed by atoms with Gasteiger partial charge in [0.15, 0.2) is 0 Å². The van der Waals surface area contributed by atoms with Gasteiger partial charge in [-0.3, -0.25) is 0 Å². The molecule has 0 amide bonds. The van der Waals surface area contributed by atoms with Crippen LogP contribution in [-0.2, 0) is 0 Å². The molecule has 18 heavy (non-hydrogen) atoms. The minimum absolute atomic E-state index is 0.122. The first-order valence-corrected chi connectivity index (χ1v) is 7.40. The minimum atomic E-state index is -1.04. The van der Waals surface area contributed by atoms with Gasteiger partial charge in [-0.2, -0.15) is 0 Å². The Kier molecular flexibility index (Phi) is 8.83. The second-order valence-electron chi connectivity index (χ2n) is 6.43. The topological polar surface area (TPSA) is 66.5 Å². The molecule has 0 aliphatic carbocycles. The molecule has 110 valence electrons. The van der Waals surface area contributed by atoms with Crippen LogP contribution >= 0.6 is 0 Å². The van der Waals surface area contributed by atoms with Crippen LogP contribution in [0.2, 0.25) is 0 Å². The molecular weight excluding hydrogens is 226 g/mol. The van der Waals surface area contributed by atoms with Gasteiger partial charge in [-0.15, -0.1) is 0 Å². The summed E-state index contributed by atoms with van der Waals surface area (Å²) < 4.78 is 0. The number of rotatable bonds is 10. The summed E-state index contributed by atoms with van der Waals surface area (Å²) in [5, 5.41) is 19.6. The third-order valence-corrected chi connectivity index (χ3v) is 3.80. The van der Waals surface area contributed by atoms with Gasteiger partial charge in [-0.25, -0.2) is 0 Å². The Morgan fingerprint density at radius 2 is 1.61 bits per heavy atom. The van der Waals surface area contributed by atoms with Crippen molar-refractivity contribution in [3.63, 3.8) is 0 Å². The highest BCUT2D eigenvalue weighted by atomic mass is 16.3. The fraction of sp³-hybridized carbons (Fsp3) is 1.00. The molecule has 3 nitrogen and oxygen atoms in total. The molecular formula is C15H33NO2. The van der Waals surface area contributed by atoms with Crippen molar-refractivity contribution < 1.29 is 10.2 Å². The third-order valence-electron chi connectivity index (χ3n) is 3.80. The van der Waals surface area contributed by atoms with Gasteiger partial charge in [0, 0.05) is 6.54 Å². The van der Waals surface area contributed by atoms with E-state index in [-0.39, 0.29) is 6.54 Å². The van der Waals surface area contributed by atoms with Crippen LogP contribution in [0, 0.1) is 11.8 Å². The second kappa shape index (κ2) is 8.89. The predicted octanol–water partition coefficient (Wildman–Crippen LogP) is 2.69. The Balaban J connectivity index is 3.70. The first kappa shape index (κ1) is 17.9. The summed E-state index contributed by atoms with van der Waals surface area (Å²) in [6.45, 7) is 8.59. The molecule has 0 fully saturated rings. The Morgan fingerprint density at radius 3 is 2.11 bits per heavy atom. The highest BCUT2D eigenvalue weighted by Crippen LogP contribution is 2.22. The standard InChI is InChI=1S/C15H33NO2/c1-12(2)7-5-8-13(3)9-6-10-15(4,18)14(17)11-16/h12-14,17-18H,5-11,16H2,1-4H3. The molecule has 4 N–H and O–H groups in total. The van der Waals surface area contributed by atoms with Crippen molar-refractivity contribution in [2.24, 2.45) is 17.6 Å². The Labute approximate surface area is 113 Å².